The van der Waals surface area contributed by atoms with Crippen molar-refractivity contribution < 1.29 is 14.6 Å². The molecule has 1 atom stereocenters. The lowest BCUT2D eigenvalue weighted by molar-refractivity contribution is -0.139. The third kappa shape index (κ3) is 5.75. The Bertz CT molecular complexity index is 393. The van der Waals surface area contributed by atoms with Crippen molar-refractivity contribution >= 4 is 5.97 Å². The fourth-order valence-corrected chi connectivity index (χ4v) is 1.86. The van der Waals surface area contributed by atoms with Gasteiger partial charge in [0.1, 0.15) is 18.4 Å². The number of rotatable bonds is 9. The summed E-state index contributed by atoms with van der Waals surface area (Å²) in [6.45, 7) is 5.08. The van der Waals surface area contributed by atoms with Crippen molar-refractivity contribution in [2.45, 2.75) is 39.2 Å². The van der Waals surface area contributed by atoms with Crippen molar-refractivity contribution in [1.29, 1.82) is 0 Å². The summed E-state index contributed by atoms with van der Waals surface area (Å²) >= 11 is 0. The minimum Gasteiger partial charge on any atom is -0.492 e. The van der Waals surface area contributed by atoms with Crippen LogP contribution in [0.25, 0.3) is 0 Å². The number of carbonyl (C=O) groups is 1. The summed E-state index contributed by atoms with van der Waals surface area (Å²) in [6.07, 6.45) is 2.47. The first-order chi connectivity index (χ1) is 9.17. The number of benzene rings is 1. The molecule has 0 amide bonds. The maximum atomic E-state index is 10.9. The van der Waals surface area contributed by atoms with Crippen LogP contribution in [0.3, 0.4) is 0 Å². The van der Waals surface area contributed by atoms with E-state index < -0.39 is 12.0 Å². The Morgan fingerprint density at radius 1 is 1.42 bits per heavy atom. The molecule has 0 fully saturated rings. The second-order valence-electron chi connectivity index (χ2n) is 4.48. The molecule has 0 aliphatic rings. The largest absolute Gasteiger partial charge is 0.492 e. The maximum Gasteiger partial charge on any atom is 0.320 e. The van der Waals surface area contributed by atoms with E-state index in [0.29, 0.717) is 19.6 Å². The van der Waals surface area contributed by atoms with Gasteiger partial charge in [-0.05, 0) is 30.5 Å². The van der Waals surface area contributed by atoms with E-state index in [2.05, 4.69) is 18.3 Å². The van der Waals surface area contributed by atoms with Crippen molar-refractivity contribution in [3.8, 4) is 5.75 Å². The second-order valence-corrected chi connectivity index (χ2v) is 4.48. The molecule has 1 rings (SSSR count). The minimum atomic E-state index is -0.796. The average molecular weight is 265 g/mol. The van der Waals surface area contributed by atoms with Gasteiger partial charge in [-0.3, -0.25) is 4.79 Å². The molecule has 0 aliphatic heterocycles. The molecule has 0 aromatic heterocycles. The summed E-state index contributed by atoms with van der Waals surface area (Å²) in [5.74, 6) is 0.0401. The second kappa shape index (κ2) is 8.53. The van der Waals surface area contributed by atoms with Crippen LogP contribution in [0.2, 0.25) is 0 Å². The van der Waals surface area contributed by atoms with Crippen molar-refractivity contribution in [1.82, 2.24) is 5.32 Å². The zero-order valence-electron chi connectivity index (χ0n) is 11.7. The number of ether oxygens (including phenoxy) is 1. The zero-order chi connectivity index (χ0) is 14.1. The number of nitrogens with one attached hydrogen (secondary N) is 1. The highest BCUT2D eigenvalue weighted by molar-refractivity contribution is 5.73. The van der Waals surface area contributed by atoms with Crippen molar-refractivity contribution in [2.75, 3.05) is 13.2 Å². The van der Waals surface area contributed by atoms with E-state index in [0.717, 1.165) is 18.6 Å². The highest BCUT2D eigenvalue weighted by Crippen LogP contribution is 2.13. The topological polar surface area (TPSA) is 58.6 Å². The Balaban J connectivity index is 2.31. The van der Waals surface area contributed by atoms with Gasteiger partial charge >= 0.3 is 5.97 Å². The van der Waals surface area contributed by atoms with E-state index in [4.69, 9.17) is 9.84 Å². The Morgan fingerprint density at radius 2 is 2.21 bits per heavy atom. The molecule has 0 heterocycles. The summed E-state index contributed by atoms with van der Waals surface area (Å²) in [7, 11) is 0. The molecule has 2 N–H and O–H groups in total. The highest BCUT2D eigenvalue weighted by Gasteiger charge is 2.14. The van der Waals surface area contributed by atoms with E-state index >= 15 is 0 Å². The minimum absolute atomic E-state index is 0.473. The predicted octanol–water partition coefficient (Wildman–Crippen LogP) is 2.47. The molecular formula is C15H23NO3. The highest BCUT2D eigenvalue weighted by atomic mass is 16.5. The third-order valence-corrected chi connectivity index (χ3v) is 2.94. The molecule has 0 bridgehead atoms. The van der Waals surface area contributed by atoms with E-state index in [-0.39, 0.29) is 0 Å². The number of aryl methyl sites for hydroxylation is 1. The molecule has 4 heteroatoms. The Labute approximate surface area is 114 Å². The molecule has 0 radical (unpaired) electrons. The van der Waals surface area contributed by atoms with Gasteiger partial charge in [-0.2, -0.15) is 0 Å². The van der Waals surface area contributed by atoms with Crippen LogP contribution in [-0.4, -0.2) is 30.3 Å². The van der Waals surface area contributed by atoms with Gasteiger partial charge in [0, 0.05) is 6.54 Å². The first kappa shape index (κ1) is 15.5. The van der Waals surface area contributed by atoms with Gasteiger partial charge in [-0.15, -0.1) is 0 Å². The molecule has 4 nitrogen and oxygen atoms in total. The Hall–Kier alpha value is -1.55. The number of aliphatic carboxylic acids is 1. The molecule has 1 unspecified atom stereocenters. The van der Waals surface area contributed by atoms with Gasteiger partial charge in [-0.1, -0.05) is 32.4 Å². The molecule has 106 valence electrons. The number of hydrogen-bond donors (Lipinski definition) is 2. The van der Waals surface area contributed by atoms with Crippen molar-refractivity contribution in [3.05, 3.63) is 29.8 Å². The van der Waals surface area contributed by atoms with Gasteiger partial charge in [-0.25, -0.2) is 0 Å². The molecule has 0 saturated carbocycles. The summed E-state index contributed by atoms with van der Waals surface area (Å²) in [5, 5.41) is 12.0. The maximum absolute atomic E-state index is 10.9. The quantitative estimate of drug-likeness (QED) is 0.673. The van der Waals surface area contributed by atoms with Crippen LogP contribution < -0.4 is 10.1 Å². The standard InChI is InChI=1S/C15H23NO3/c1-3-6-14(15(17)18)16-9-10-19-13-8-5-7-12(4-2)11-13/h5,7-8,11,14,16H,3-4,6,9-10H2,1-2H3,(H,17,18). The van der Waals surface area contributed by atoms with Crippen LogP contribution in [0.5, 0.6) is 5.75 Å². The average Bonchev–Trinajstić information content (AvgIpc) is 2.42. The molecule has 19 heavy (non-hydrogen) atoms. The zero-order valence-corrected chi connectivity index (χ0v) is 11.7. The lowest BCUT2D eigenvalue weighted by atomic mass is 10.1. The SMILES string of the molecule is CCCC(NCCOc1cccc(CC)c1)C(=O)O. The normalized spacial score (nSPS) is 12.1. The molecule has 0 spiro atoms. The Morgan fingerprint density at radius 3 is 2.84 bits per heavy atom. The van der Waals surface area contributed by atoms with Crippen LogP contribution in [0.4, 0.5) is 0 Å². The first-order valence-electron chi connectivity index (χ1n) is 6.85. The molecular weight excluding hydrogens is 242 g/mol. The fraction of sp³-hybridized carbons (Fsp3) is 0.533. The lowest BCUT2D eigenvalue weighted by Gasteiger charge is -2.14. The molecule has 0 aliphatic carbocycles. The molecule has 0 saturated heterocycles. The number of carboxylic acid groups (broad SMARTS) is 1. The first-order valence-corrected chi connectivity index (χ1v) is 6.85. The fourth-order valence-electron chi connectivity index (χ4n) is 1.86. The third-order valence-electron chi connectivity index (χ3n) is 2.94. The molecule has 1 aromatic rings. The van der Waals surface area contributed by atoms with Gasteiger partial charge in [0.05, 0.1) is 0 Å². The monoisotopic (exact) mass is 265 g/mol. The van der Waals surface area contributed by atoms with Crippen LogP contribution in [0, 0.1) is 0 Å². The van der Waals surface area contributed by atoms with E-state index in [1.807, 2.05) is 25.1 Å². The summed E-state index contributed by atoms with van der Waals surface area (Å²) in [6, 6.07) is 7.49. The number of carboxylic acids is 1. The van der Waals surface area contributed by atoms with Crippen LogP contribution in [0.1, 0.15) is 32.3 Å². The smallest absolute Gasteiger partial charge is 0.320 e. The number of hydrogen-bond acceptors (Lipinski definition) is 3. The van der Waals surface area contributed by atoms with Crippen LogP contribution >= 0.6 is 0 Å². The van der Waals surface area contributed by atoms with Gasteiger partial charge in [0.25, 0.3) is 0 Å². The van der Waals surface area contributed by atoms with E-state index in [9.17, 15) is 4.79 Å². The van der Waals surface area contributed by atoms with Gasteiger partial charge < -0.3 is 15.2 Å². The summed E-state index contributed by atoms with van der Waals surface area (Å²) in [4.78, 5) is 10.9. The van der Waals surface area contributed by atoms with E-state index in [1.54, 1.807) is 0 Å². The summed E-state index contributed by atoms with van der Waals surface area (Å²) in [5.41, 5.74) is 1.24. The van der Waals surface area contributed by atoms with Crippen LogP contribution in [0.15, 0.2) is 24.3 Å². The van der Waals surface area contributed by atoms with Crippen molar-refractivity contribution in [3.63, 3.8) is 0 Å². The predicted molar refractivity (Wildman–Crippen MR) is 75.6 cm³/mol. The Kier molecular flexibility index (Phi) is 6.97. The van der Waals surface area contributed by atoms with Crippen LogP contribution in [-0.2, 0) is 11.2 Å². The van der Waals surface area contributed by atoms with Gasteiger partial charge in [0.15, 0.2) is 0 Å². The van der Waals surface area contributed by atoms with E-state index in [1.165, 1.54) is 5.56 Å². The summed E-state index contributed by atoms with van der Waals surface area (Å²) < 4.78 is 5.60. The lowest BCUT2D eigenvalue weighted by Crippen LogP contribution is -2.38. The van der Waals surface area contributed by atoms with Gasteiger partial charge in [0.2, 0.25) is 0 Å². The molecule has 1 aromatic carbocycles. The van der Waals surface area contributed by atoms with Crippen molar-refractivity contribution in [2.24, 2.45) is 0 Å².